The number of amides is 1. The van der Waals surface area contributed by atoms with Gasteiger partial charge in [0.25, 0.3) is 0 Å². The molecule has 0 unspecified atom stereocenters. The molecule has 0 aromatic heterocycles. The van der Waals surface area contributed by atoms with Crippen LogP contribution in [0.1, 0.15) is 59.8 Å². The summed E-state index contributed by atoms with van der Waals surface area (Å²) >= 11 is 0. The second-order valence-corrected chi connectivity index (χ2v) is 4.91. The highest BCUT2D eigenvalue weighted by Crippen LogP contribution is 2.06. The molecule has 0 aromatic carbocycles. The molecule has 0 saturated carbocycles. The van der Waals surface area contributed by atoms with Crippen LogP contribution in [0.15, 0.2) is 0 Å². The molecule has 1 atom stereocenters. The number of nitrogens with one attached hydrogen (secondary N) is 1. The van der Waals surface area contributed by atoms with Gasteiger partial charge in [0, 0.05) is 6.42 Å². The van der Waals surface area contributed by atoms with Crippen LogP contribution in [0.4, 0.5) is 0 Å². The molecule has 0 rings (SSSR count). The van der Waals surface area contributed by atoms with E-state index in [1.807, 2.05) is 27.7 Å². The first-order valence-electron chi connectivity index (χ1n) is 6.98. The number of carbonyl (C=O) groups excluding carboxylic acids is 2. The zero-order chi connectivity index (χ0) is 14.0. The van der Waals surface area contributed by atoms with Crippen LogP contribution < -0.4 is 5.32 Å². The molecule has 0 heterocycles. The summed E-state index contributed by atoms with van der Waals surface area (Å²) in [5, 5.41) is 2.76. The van der Waals surface area contributed by atoms with E-state index in [-0.39, 0.29) is 17.8 Å². The maximum atomic E-state index is 11.8. The molecule has 0 aliphatic heterocycles. The Morgan fingerprint density at radius 2 is 1.72 bits per heavy atom. The Morgan fingerprint density at radius 3 is 2.22 bits per heavy atom. The van der Waals surface area contributed by atoms with Crippen LogP contribution in [0.2, 0.25) is 0 Å². The molecule has 0 radical (unpaired) electrons. The van der Waals surface area contributed by atoms with Crippen LogP contribution in [0, 0.1) is 5.92 Å². The predicted molar refractivity (Wildman–Crippen MR) is 72.2 cm³/mol. The molecule has 106 valence electrons. The van der Waals surface area contributed by atoms with Gasteiger partial charge in [-0.1, -0.05) is 40.5 Å². The van der Waals surface area contributed by atoms with Gasteiger partial charge in [-0.05, 0) is 18.8 Å². The quantitative estimate of drug-likeness (QED) is 0.510. The van der Waals surface area contributed by atoms with E-state index >= 15 is 0 Å². The van der Waals surface area contributed by atoms with Gasteiger partial charge >= 0.3 is 5.97 Å². The smallest absolute Gasteiger partial charge is 0.328 e. The molecule has 0 aromatic rings. The topological polar surface area (TPSA) is 55.4 Å². The van der Waals surface area contributed by atoms with Gasteiger partial charge in [-0.15, -0.1) is 0 Å². The molecule has 0 bridgehead atoms. The van der Waals surface area contributed by atoms with Crippen molar-refractivity contribution < 1.29 is 14.3 Å². The van der Waals surface area contributed by atoms with Crippen molar-refractivity contribution in [1.82, 2.24) is 5.32 Å². The average Bonchev–Trinajstić information content (AvgIpc) is 2.33. The zero-order valence-electron chi connectivity index (χ0n) is 12.1. The highest BCUT2D eigenvalue weighted by Gasteiger charge is 2.25. The van der Waals surface area contributed by atoms with Gasteiger partial charge in [-0.2, -0.15) is 0 Å². The van der Waals surface area contributed by atoms with E-state index in [0.29, 0.717) is 13.0 Å². The molecule has 4 heteroatoms. The van der Waals surface area contributed by atoms with Crippen LogP contribution >= 0.6 is 0 Å². The van der Waals surface area contributed by atoms with Gasteiger partial charge in [0.2, 0.25) is 5.91 Å². The van der Waals surface area contributed by atoms with E-state index in [0.717, 1.165) is 25.7 Å². The molecule has 0 spiro atoms. The van der Waals surface area contributed by atoms with Crippen molar-refractivity contribution in [2.75, 3.05) is 6.61 Å². The number of rotatable bonds is 9. The first-order valence-corrected chi connectivity index (χ1v) is 6.98. The van der Waals surface area contributed by atoms with Crippen molar-refractivity contribution in [2.24, 2.45) is 5.92 Å². The van der Waals surface area contributed by atoms with Crippen molar-refractivity contribution in [2.45, 2.75) is 65.8 Å². The number of carbonyl (C=O) groups is 2. The fourth-order valence-electron chi connectivity index (χ4n) is 1.49. The fraction of sp³-hybridized carbons (Fsp3) is 0.857. The van der Waals surface area contributed by atoms with Gasteiger partial charge in [0.1, 0.15) is 6.04 Å². The minimum atomic E-state index is -0.522. The third-order valence-electron chi connectivity index (χ3n) is 2.74. The Balaban J connectivity index is 4.20. The Kier molecular flexibility index (Phi) is 9.33. The van der Waals surface area contributed by atoms with E-state index in [4.69, 9.17) is 4.74 Å². The maximum absolute atomic E-state index is 11.8. The van der Waals surface area contributed by atoms with Crippen LogP contribution in [-0.4, -0.2) is 24.5 Å². The van der Waals surface area contributed by atoms with E-state index in [2.05, 4.69) is 5.32 Å². The van der Waals surface area contributed by atoms with Crippen molar-refractivity contribution in [3.8, 4) is 0 Å². The molecular weight excluding hydrogens is 230 g/mol. The molecule has 1 amide bonds. The summed E-state index contributed by atoms with van der Waals surface area (Å²) in [6, 6.07) is -0.522. The molecule has 1 N–H and O–H groups in total. The summed E-state index contributed by atoms with van der Waals surface area (Å²) in [7, 11) is 0. The molecule has 0 saturated heterocycles. The highest BCUT2D eigenvalue weighted by atomic mass is 16.5. The summed E-state index contributed by atoms with van der Waals surface area (Å²) in [6.45, 7) is 8.33. The lowest BCUT2D eigenvalue weighted by molar-refractivity contribution is -0.149. The largest absolute Gasteiger partial charge is 0.464 e. The van der Waals surface area contributed by atoms with E-state index in [1.165, 1.54) is 0 Å². The minimum Gasteiger partial charge on any atom is -0.464 e. The first kappa shape index (κ1) is 16.9. The SMILES string of the molecule is CCCCOC(=O)[C@@H](NC(=O)CCCC)C(C)C. The third kappa shape index (κ3) is 7.30. The van der Waals surface area contributed by atoms with Crippen LogP contribution in [0.25, 0.3) is 0 Å². The molecule has 0 aliphatic rings. The Labute approximate surface area is 110 Å². The van der Waals surface area contributed by atoms with Crippen molar-refractivity contribution in [3.63, 3.8) is 0 Å². The van der Waals surface area contributed by atoms with Gasteiger partial charge in [-0.3, -0.25) is 4.79 Å². The van der Waals surface area contributed by atoms with Crippen LogP contribution in [-0.2, 0) is 14.3 Å². The zero-order valence-corrected chi connectivity index (χ0v) is 12.1. The van der Waals surface area contributed by atoms with E-state index in [1.54, 1.807) is 0 Å². The molecule has 18 heavy (non-hydrogen) atoms. The summed E-state index contributed by atoms with van der Waals surface area (Å²) in [5.41, 5.74) is 0. The summed E-state index contributed by atoms with van der Waals surface area (Å²) in [5.74, 6) is -0.337. The monoisotopic (exact) mass is 257 g/mol. The molecule has 0 aliphatic carbocycles. The Morgan fingerprint density at radius 1 is 1.11 bits per heavy atom. The molecule has 0 fully saturated rings. The average molecular weight is 257 g/mol. The van der Waals surface area contributed by atoms with Gasteiger partial charge in [0.05, 0.1) is 6.61 Å². The van der Waals surface area contributed by atoms with Crippen molar-refractivity contribution >= 4 is 11.9 Å². The van der Waals surface area contributed by atoms with E-state index < -0.39 is 6.04 Å². The molecule has 4 nitrogen and oxygen atoms in total. The first-order chi connectivity index (χ1) is 8.52. The van der Waals surface area contributed by atoms with Crippen LogP contribution in [0.3, 0.4) is 0 Å². The second kappa shape index (κ2) is 9.92. The highest BCUT2D eigenvalue weighted by molar-refractivity contribution is 5.84. The number of hydrogen-bond donors (Lipinski definition) is 1. The summed E-state index contributed by atoms with van der Waals surface area (Å²) in [4.78, 5) is 23.5. The lowest BCUT2D eigenvalue weighted by Crippen LogP contribution is -2.45. The Bertz CT molecular complexity index is 251. The number of unbranched alkanes of at least 4 members (excludes halogenated alkanes) is 2. The standard InChI is InChI=1S/C14H27NO3/c1-5-7-9-12(16)15-13(11(3)4)14(17)18-10-8-6-2/h11,13H,5-10H2,1-4H3,(H,15,16)/t13-/m0/s1. The summed E-state index contributed by atoms with van der Waals surface area (Å²) in [6.07, 6.45) is 4.15. The van der Waals surface area contributed by atoms with Crippen molar-refractivity contribution in [3.05, 3.63) is 0 Å². The number of hydrogen-bond acceptors (Lipinski definition) is 3. The van der Waals surface area contributed by atoms with E-state index in [9.17, 15) is 9.59 Å². The van der Waals surface area contributed by atoms with Gasteiger partial charge in [-0.25, -0.2) is 4.79 Å². The maximum Gasteiger partial charge on any atom is 0.328 e. The molecular formula is C14H27NO3. The predicted octanol–water partition coefficient (Wildman–Crippen LogP) is 2.66. The lowest BCUT2D eigenvalue weighted by atomic mass is 10.0. The third-order valence-corrected chi connectivity index (χ3v) is 2.74. The van der Waals surface area contributed by atoms with Gasteiger partial charge < -0.3 is 10.1 Å². The Hall–Kier alpha value is -1.06. The summed E-state index contributed by atoms with van der Waals surface area (Å²) < 4.78 is 5.16. The second-order valence-electron chi connectivity index (χ2n) is 4.91. The number of esters is 1. The van der Waals surface area contributed by atoms with Crippen molar-refractivity contribution in [1.29, 1.82) is 0 Å². The van der Waals surface area contributed by atoms with Gasteiger partial charge in [0.15, 0.2) is 0 Å². The number of ether oxygens (including phenoxy) is 1. The fourth-order valence-corrected chi connectivity index (χ4v) is 1.49. The normalized spacial score (nSPS) is 12.3. The van der Waals surface area contributed by atoms with Crippen LogP contribution in [0.5, 0.6) is 0 Å². The lowest BCUT2D eigenvalue weighted by Gasteiger charge is -2.20. The minimum absolute atomic E-state index is 0.0460.